The van der Waals surface area contributed by atoms with Crippen molar-refractivity contribution in [3.8, 4) is 0 Å². The van der Waals surface area contributed by atoms with Crippen molar-refractivity contribution in [2.24, 2.45) is 11.7 Å². The van der Waals surface area contributed by atoms with Crippen LogP contribution < -0.4 is 5.73 Å². The van der Waals surface area contributed by atoms with E-state index in [4.69, 9.17) is 5.73 Å². The molecule has 0 saturated heterocycles. The summed E-state index contributed by atoms with van der Waals surface area (Å²) in [5.74, 6) is 0.215. The molecule has 0 aromatic heterocycles. The number of rotatable bonds is 1. The summed E-state index contributed by atoms with van der Waals surface area (Å²) in [5.41, 5.74) is 5.89. The van der Waals surface area contributed by atoms with Gasteiger partial charge in [-0.3, -0.25) is 0 Å². The second kappa shape index (κ2) is 3.35. The summed E-state index contributed by atoms with van der Waals surface area (Å²) in [4.78, 5) is 10.5. The van der Waals surface area contributed by atoms with Crippen LogP contribution in [0.1, 0.15) is 39.0 Å². The van der Waals surface area contributed by atoms with Gasteiger partial charge in [0.2, 0.25) is 0 Å². The van der Waals surface area contributed by atoms with Crippen molar-refractivity contribution in [2.45, 2.75) is 44.6 Å². The Bertz CT molecular complexity index is 142. The second-order valence-corrected chi connectivity index (χ2v) is 4.00. The molecule has 64 valence electrons. The van der Waals surface area contributed by atoms with Gasteiger partial charge in [-0.25, -0.2) is 0 Å². The predicted octanol–water partition coefficient (Wildman–Crippen LogP) is 1.48. The summed E-state index contributed by atoms with van der Waals surface area (Å²) >= 11 is 0. The van der Waals surface area contributed by atoms with Gasteiger partial charge in [0.1, 0.15) is 6.29 Å². The Balaban J connectivity index is 2.53. The lowest BCUT2D eigenvalue weighted by Crippen LogP contribution is -2.37. The SMILES string of the molecule is CC1(N)CCCCC(C=O)C1. The molecule has 0 aromatic rings. The maximum Gasteiger partial charge on any atom is 0.123 e. The Morgan fingerprint density at radius 2 is 2.27 bits per heavy atom. The summed E-state index contributed by atoms with van der Waals surface area (Å²) in [6, 6.07) is 0. The molecule has 0 spiro atoms. The fraction of sp³-hybridized carbons (Fsp3) is 0.889. The summed E-state index contributed by atoms with van der Waals surface area (Å²) in [6.07, 6.45) is 6.38. The van der Waals surface area contributed by atoms with Crippen LogP contribution in [0.15, 0.2) is 0 Å². The van der Waals surface area contributed by atoms with Crippen LogP contribution in [-0.2, 0) is 4.79 Å². The van der Waals surface area contributed by atoms with Crippen LogP contribution in [-0.4, -0.2) is 11.8 Å². The molecule has 2 nitrogen and oxygen atoms in total. The summed E-state index contributed by atoms with van der Waals surface area (Å²) in [6.45, 7) is 2.05. The molecule has 2 heteroatoms. The average Bonchev–Trinajstić information content (AvgIpc) is 2.10. The van der Waals surface area contributed by atoms with E-state index in [-0.39, 0.29) is 11.5 Å². The van der Waals surface area contributed by atoms with Crippen molar-refractivity contribution in [3.63, 3.8) is 0 Å². The van der Waals surface area contributed by atoms with Gasteiger partial charge in [-0.05, 0) is 26.2 Å². The van der Waals surface area contributed by atoms with E-state index in [0.29, 0.717) is 0 Å². The first-order valence-corrected chi connectivity index (χ1v) is 4.38. The molecular formula is C9H17NO. The number of carbonyl (C=O) groups excluding carboxylic acids is 1. The van der Waals surface area contributed by atoms with Crippen molar-refractivity contribution >= 4 is 6.29 Å². The van der Waals surface area contributed by atoms with Crippen LogP contribution in [0.5, 0.6) is 0 Å². The normalized spacial score (nSPS) is 39.6. The Hall–Kier alpha value is -0.370. The zero-order valence-corrected chi connectivity index (χ0v) is 7.18. The van der Waals surface area contributed by atoms with Crippen molar-refractivity contribution in [3.05, 3.63) is 0 Å². The van der Waals surface area contributed by atoms with Gasteiger partial charge >= 0.3 is 0 Å². The van der Waals surface area contributed by atoms with Crippen LogP contribution in [0.2, 0.25) is 0 Å². The molecule has 11 heavy (non-hydrogen) atoms. The highest BCUT2D eigenvalue weighted by Gasteiger charge is 2.25. The molecule has 2 N–H and O–H groups in total. The first kappa shape index (κ1) is 8.72. The van der Waals surface area contributed by atoms with Gasteiger partial charge in [0.15, 0.2) is 0 Å². The molecule has 2 unspecified atom stereocenters. The first-order valence-electron chi connectivity index (χ1n) is 4.38. The largest absolute Gasteiger partial charge is 0.325 e. The predicted molar refractivity (Wildman–Crippen MR) is 45.2 cm³/mol. The fourth-order valence-corrected chi connectivity index (χ4v) is 1.85. The molecule has 0 heterocycles. The van der Waals surface area contributed by atoms with Gasteiger partial charge in [0.25, 0.3) is 0 Å². The molecule has 0 bridgehead atoms. The highest BCUT2D eigenvalue weighted by atomic mass is 16.1. The molecule has 0 aromatic carbocycles. The number of hydrogen-bond donors (Lipinski definition) is 1. The minimum Gasteiger partial charge on any atom is -0.325 e. The monoisotopic (exact) mass is 155 g/mol. The third kappa shape index (κ3) is 2.62. The smallest absolute Gasteiger partial charge is 0.123 e. The third-order valence-corrected chi connectivity index (χ3v) is 2.49. The van der Waals surface area contributed by atoms with E-state index < -0.39 is 0 Å². The lowest BCUT2D eigenvalue weighted by Gasteiger charge is -2.23. The van der Waals surface area contributed by atoms with Crippen LogP contribution in [0.4, 0.5) is 0 Å². The molecule has 1 fully saturated rings. The number of aldehydes is 1. The van der Waals surface area contributed by atoms with Gasteiger partial charge in [-0.1, -0.05) is 12.8 Å². The summed E-state index contributed by atoms with van der Waals surface area (Å²) in [5, 5.41) is 0. The Labute approximate surface area is 68.2 Å². The van der Waals surface area contributed by atoms with Gasteiger partial charge in [0.05, 0.1) is 0 Å². The molecule has 1 saturated carbocycles. The maximum absolute atomic E-state index is 10.5. The van der Waals surface area contributed by atoms with Crippen molar-refractivity contribution in [2.75, 3.05) is 0 Å². The Kier molecular flexibility index (Phi) is 2.66. The lowest BCUT2D eigenvalue weighted by atomic mass is 9.89. The highest BCUT2D eigenvalue weighted by molar-refractivity contribution is 5.53. The third-order valence-electron chi connectivity index (χ3n) is 2.49. The van der Waals surface area contributed by atoms with E-state index in [0.717, 1.165) is 32.0 Å². The Morgan fingerprint density at radius 1 is 1.55 bits per heavy atom. The molecule has 0 amide bonds. The average molecular weight is 155 g/mol. The van der Waals surface area contributed by atoms with Crippen LogP contribution in [0.3, 0.4) is 0 Å². The van der Waals surface area contributed by atoms with Crippen molar-refractivity contribution in [1.29, 1.82) is 0 Å². The quantitative estimate of drug-likeness (QED) is 0.460. The number of carbonyl (C=O) groups is 1. The molecule has 1 aliphatic rings. The van der Waals surface area contributed by atoms with Crippen molar-refractivity contribution < 1.29 is 4.79 Å². The van der Waals surface area contributed by atoms with Gasteiger partial charge in [0, 0.05) is 11.5 Å². The molecule has 1 aliphatic carbocycles. The summed E-state index contributed by atoms with van der Waals surface area (Å²) < 4.78 is 0. The highest BCUT2D eigenvalue weighted by Crippen LogP contribution is 2.27. The van der Waals surface area contributed by atoms with E-state index in [1.165, 1.54) is 6.42 Å². The molecular weight excluding hydrogens is 138 g/mol. The van der Waals surface area contributed by atoms with E-state index in [2.05, 4.69) is 6.92 Å². The Morgan fingerprint density at radius 3 is 2.91 bits per heavy atom. The topological polar surface area (TPSA) is 43.1 Å². The van der Waals surface area contributed by atoms with Crippen LogP contribution in [0, 0.1) is 5.92 Å². The van der Waals surface area contributed by atoms with Crippen LogP contribution in [0.25, 0.3) is 0 Å². The minimum absolute atomic E-state index is 0.0952. The minimum atomic E-state index is -0.0952. The summed E-state index contributed by atoms with van der Waals surface area (Å²) in [7, 11) is 0. The van der Waals surface area contributed by atoms with Gasteiger partial charge in [-0.15, -0.1) is 0 Å². The zero-order chi connectivity index (χ0) is 8.32. The van der Waals surface area contributed by atoms with E-state index in [9.17, 15) is 4.79 Å². The number of nitrogens with two attached hydrogens (primary N) is 1. The molecule has 2 atom stereocenters. The standard InChI is InChI=1S/C9H17NO/c1-9(10)5-3-2-4-8(6-9)7-11/h7-8H,2-6,10H2,1H3. The van der Waals surface area contributed by atoms with E-state index in [1.54, 1.807) is 0 Å². The van der Waals surface area contributed by atoms with E-state index in [1.807, 2.05) is 0 Å². The zero-order valence-electron chi connectivity index (χ0n) is 7.18. The van der Waals surface area contributed by atoms with Gasteiger partial charge < -0.3 is 10.5 Å². The van der Waals surface area contributed by atoms with Crippen molar-refractivity contribution in [1.82, 2.24) is 0 Å². The molecule has 0 aliphatic heterocycles. The maximum atomic E-state index is 10.5. The second-order valence-electron chi connectivity index (χ2n) is 4.00. The molecule has 1 rings (SSSR count). The number of hydrogen-bond acceptors (Lipinski definition) is 2. The fourth-order valence-electron chi connectivity index (χ4n) is 1.85. The van der Waals surface area contributed by atoms with Crippen LogP contribution >= 0.6 is 0 Å². The lowest BCUT2D eigenvalue weighted by molar-refractivity contribution is -0.111. The molecule has 0 radical (unpaired) electrons. The first-order chi connectivity index (χ1) is 5.14. The van der Waals surface area contributed by atoms with E-state index >= 15 is 0 Å². The van der Waals surface area contributed by atoms with Gasteiger partial charge in [-0.2, -0.15) is 0 Å².